The molecule has 0 unspecified atom stereocenters. The van der Waals surface area contributed by atoms with Crippen LogP contribution in [0.25, 0.3) is 0 Å². The third-order valence-electron chi connectivity index (χ3n) is 2.77. The van der Waals surface area contributed by atoms with Crippen LogP contribution in [0.2, 0.25) is 0 Å². The molecule has 13 heavy (non-hydrogen) atoms. The minimum atomic E-state index is -0.338. The summed E-state index contributed by atoms with van der Waals surface area (Å²) in [5.74, 6) is -0.199. The Labute approximate surface area is 78.6 Å². The lowest BCUT2D eigenvalue weighted by molar-refractivity contribution is -0.127. The third-order valence-corrected chi connectivity index (χ3v) is 2.77. The number of aliphatic hydroxyl groups is 1. The molecule has 1 aliphatic carbocycles. The van der Waals surface area contributed by atoms with E-state index >= 15 is 0 Å². The largest absolute Gasteiger partial charge is 0.396 e. The topological polar surface area (TPSA) is 63.3 Å². The van der Waals surface area contributed by atoms with Crippen LogP contribution >= 0.6 is 0 Å². The minimum absolute atomic E-state index is 0.197. The maximum absolute atomic E-state index is 11.2. The van der Waals surface area contributed by atoms with Gasteiger partial charge in [-0.1, -0.05) is 18.6 Å². The molecule has 3 N–H and O–H groups in total. The maximum Gasteiger partial charge on any atom is 0.224 e. The zero-order chi connectivity index (χ0) is 9.73. The fraction of sp³-hybridized carbons (Fsp3) is 0.700. The van der Waals surface area contributed by atoms with Crippen molar-refractivity contribution in [2.75, 3.05) is 6.61 Å². The summed E-state index contributed by atoms with van der Waals surface area (Å²) in [4.78, 5) is 11.2. The number of rotatable bonds is 5. The molecular weight excluding hydrogens is 166 g/mol. The highest BCUT2D eigenvalue weighted by Gasteiger charge is 2.36. The van der Waals surface area contributed by atoms with Crippen molar-refractivity contribution < 1.29 is 9.90 Å². The molecule has 1 rings (SSSR count). The average molecular weight is 183 g/mol. The molecule has 0 aromatic rings. The summed E-state index contributed by atoms with van der Waals surface area (Å²) >= 11 is 0. The molecule has 0 fully saturated rings. The highest BCUT2D eigenvalue weighted by Crippen LogP contribution is 2.37. The van der Waals surface area contributed by atoms with E-state index in [2.05, 4.69) is 0 Å². The lowest BCUT2D eigenvalue weighted by Gasteiger charge is -2.24. The molecule has 3 nitrogen and oxygen atoms in total. The number of carbonyl (C=O) groups excluding carboxylic acids is 1. The summed E-state index contributed by atoms with van der Waals surface area (Å²) in [5.41, 5.74) is 5.04. The van der Waals surface area contributed by atoms with Crippen LogP contribution in [-0.4, -0.2) is 17.6 Å². The Balaban J connectivity index is 2.44. The van der Waals surface area contributed by atoms with Crippen molar-refractivity contribution in [2.24, 2.45) is 11.1 Å². The van der Waals surface area contributed by atoms with Gasteiger partial charge in [-0.3, -0.25) is 4.79 Å². The number of hydrogen-bond acceptors (Lipinski definition) is 2. The van der Waals surface area contributed by atoms with Crippen LogP contribution in [0, 0.1) is 5.41 Å². The van der Waals surface area contributed by atoms with Crippen LogP contribution in [0.5, 0.6) is 0 Å². The smallest absolute Gasteiger partial charge is 0.224 e. The van der Waals surface area contributed by atoms with Crippen LogP contribution in [0.4, 0.5) is 0 Å². The van der Waals surface area contributed by atoms with Gasteiger partial charge in [-0.2, -0.15) is 0 Å². The summed E-state index contributed by atoms with van der Waals surface area (Å²) in [6, 6.07) is 0. The van der Waals surface area contributed by atoms with E-state index in [1.54, 1.807) is 0 Å². The second-order valence-corrected chi connectivity index (χ2v) is 3.70. The first kappa shape index (κ1) is 10.3. The SMILES string of the molecule is NC(=O)C1(CCCCO)CC=CC1. The first-order chi connectivity index (χ1) is 6.21. The van der Waals surface area contributed by atoms with Crippen LogP contribution in [-0.2, 0) is 4.79 Å². The van der Waals surface area contributed by atoms with E-state index in [4.69, 9.17) is 10.8 Å². The van der Waals surface area contributed by atoms with Crippen molar-refractivity contribution in [1.82, 2.24) is 0 Å². The number of nitrogens with two attached hydrogens (primary N) is 1. The molecule has 74 valence electrons. The fourth-order valence-electron chi connectivity index (χ4n) is 1.80. The molecule has 0 radical (unpaired) electrons. The van der Waals surface area contributed by atoms with Crippen LogP contribution in [0.15, 0.2) is 12.2 Å². The van der Waals surface area contributed by atoms with E-state index in [0.717, 1.165) is 32.1 Å². The van der Waals surface area contributed by atoms with Gasteiger partial charge >= 0.3 is 0 Å². The number of carbonyl (C=O) groups is 1. The molecular formula is C10H17NO2. The molecule has 0 bridgehead atoms. The third kappa shape index (κ3) is 2.31. The van der Waals surface area contributed by atoms with Gasteiger partial charge in [0.25, 0.3) is 0 Å². The molecule has 0 spiro atoms. The number of unbranched alkanes of at least 4 members (excludes halogenated alkanes) is 1. The van der Waals surface area contributed by atoms with E-state index in [-0.39, 0.29) is 17.9 Å². The Morgan fingerprint density at radius 2 is 2.00 bits per heavy atom. The molecule has 0 saturated carbocycles. The summed E-state index contributed by atoms with van der Waals surface area (Å²) < 4.78 is 0. The van der Waals surface area contributed by atoms with Gasteiger partial charge in [-0.25, -0.2) is 0 Å². The predicted octanol–water partition coefficient (Wildman–Crippen LogP) is 0.971. The molecule has 0 atom stereocenters. The molecule has 0 aromatic carbocycles. The molecule has 1 aliphatic rings. The van der Waals surface area contributed by atoms with Crippen molar-refractivity contribution >= 4 is 5.91 Å². The highest BCUT2D eigenvalue weighted by molar-refractivity contribution is 5.81. The van der Waals surface area contributed by atoms with Crippen molar-refractivity contribution in [3.8, 4) is 0 Å². The van der Waals surface area contributed by atoms with E-state index in [1.807, 2.05) is 12.2 Å². The van der Waals surface area contributed by atoms with Gasteiger partial charge in [0.15, 0.2) is 0 Å². The fourth-order valence-corrected chi connectivity index (χ4v) is 1.80. The van der Waals surface area contributed by atoms with Gasteiger partial charge in [-0.15, -0.1) is 0 Å². The van der Waals surface area contributed by atoms with Crippen LogP contribution in [0.3, 0.4) is 0 Å². The minimum Gasteiger partial charge on any atom is -0.396 e. The van der Waals surface area contributed by atoms with Crippen molar-refractivity contribution in [3.63, 3.8) is 0 Å². The van der Waals surface area contributed by atoms with Gasteiger partial charge in [-0.05, 0) is 25.7 Å². The van der Waals surface area contributed by atoms with E-state index in [9.17, 15) is 4.79 Å². The standard InChI is InChI=1S/C10H17NO2/c11-9(13)10(5-1-2-6-10)7-3-4-8-12/h1-2,12H,3-8H2,(H2,11,13). The Hall–Kier alpha value is -0.830. The molecule has 0 heterocycles. The average Bonchev–Trinajstić information content (AvgIpc) is 2.55. The zero-order valence-corrected chi connectivity index (χ0v) is 7.83. The molecule has 1 amide bonds. The molecule has 3 heteroatoms. The second kappa shape index (κ2) is 4.42. The van der Waals surface area contributed by atoms with E-state index < -0.39 is 0 Å². The molecule has 0 aromatic heterocycles. The summed E-state index contributed by atoms with van der Waals surface area (Å²) in [7, 11) is 0. The summed E-state index contributed by atoms with van der Waals surface area (Å²) in [6.07, 6.45) is 8.01. The number of amides is 1. The second-order valence-electron chi connectivity index (χ2n) is 3.70. The van der Waals surface area contributed by atoms with E-state index in [1.165, 1.54) is 0 Å². The van der Waals surface area contributed by atoms with Crippen molar-refractivity contribution in [1.29, 1.82) is 0 Å². The monoisotopic (exact) mass is 183 g/mol. The quantitative estimate of drug-likeness (QED) is 0.493. The Morgan fingerprint density at radius 1 is 1.38 bits per heavy atom. The number of hydrogen-bond donors (Lipinski definition) is 2. The summed E-state index contributed by atoms with van der Waals surface area (Å²) in [5, 5.41) is 8.63. The van der Waals surface area contributed by atoms with Crippen molar-refractivity contribution in [2.45, 2.75) is 32.1 Å². The normalized spacial score (nSPS) is 19.2. The number of allylic oxidation sites excluding steroid dienone is 2. The Kier molecular flexibility index (Phi) is 3.48. The van der Waals surface area contributed by atoms with E-state index in [0.29, 0.717) is 0 Å². The Morgan fingerprint density at radius 3 is 2.46 bits per heavy atom. The van der Waals surface area contributed by atoms with Gasteiger partial charge in [0.05, 0.1) is 5.41 Å². The Bertz CT molecular complexity index is 203. The zero-order valence-electron chi connectivity index (χ0n) is 7.83. The summed E-state index contributed by atoms with van der Waals surface area (Å²) in [6.45, 7) is 0.197. The van der Waals surface area contributed by atoms with Crippen LogP contribution in [0.1, 0.15) is 32.1 Å². The van der Waals surface area contributed by atoms with Crippen molar-refractivity contribution in [3.05, 3.63) is 12.2 Å². The first-order valence-electron chi connectivity index (χ1n) is 4.77. The number of aliphatic hydroxyl groups excluding tert-OH is 1. The van der Waals surface area contributed by atoms with Crippen LogP contribution < -0.4 is 5.73 Å². The highest BCUT2D eigenvalue weighted by atomic mass is 16.2. The first-order valence-corrected chi connectivity index (χ1v) is 4.77. The number of primary amides is 1. The predicted molar refractivity (Wildman–Crippen MR) is 50.9 cm³/mol. The molecule has 0 aliphatic heterocycles. The van der Waals surface area contributed by atoms with Gasteiger partial charge in [0.1, 0.15) is 0 Å². The molecule has 0 saturated heterocycles. The van der Waals surface area contributed by atoms with Gasteiger partial charge < -0.3 is 10.8 Å². The van der Waals surface area contributed by atoms with Gasteiger partial charge in [0, 0.05) is 6.61 Å². The maximum atomic E-state index is 11.2. The lowest BCUT2D eigenvalue weighted by atomic mass is 9.80. The van der Waals surface area contributed by atoms with Gasteiger partial charge in [0.2, 0.25) is 5.91 Å². The lowest BCUT2D eigenvalue weighted by Crippen LogP contribution is -2.34.